The highest BCUT2D eigenvalue weighted by Gasteiger charge is 2.18. The number of hydrogen-bond acceptors (Lipinski definition) is 2. The maximum absolute atomic E-state index is 6.02. The molecule has 0 fully saturated rings. The van der Waals surface area contributed by atoms with E-state index in [9.17, 15) is 0 Å². The van der Waals surface area contributed by atoms with Crippen LogP contribution >= 0.6 is 0 Å². The average Bonchev–Trinajstić information content (AvgIpc) is 2.67. The fourth-order valence-corrected chi connectivity index (χ4v) is 1.83. The summed E-state index contributed by atoms with van der Waals surface area (Å²) >= 11 is 0. The molecule has 0 atom stereocenters. The first kappa shape index (κ1) is 20.4. The molecular formula is C15H32BN3. The number of imidazole rings is 1. The van der Waals surface area contributed by atoms with Crippen LogP contribution in [0.1, 0.15) is 59.9 Å². The van der Waals surface area contributed by atoms with Crippen LogP contribution in [0.25, 0.3) is 0 Å². The van der Waals surface area contributed by atoms with E-state index in [1.165, 1.54) is 5.69 Å². The summed E-state index contributed by atoms with van der Waals surface area (Å²) in [6.07, 6.45) is 1.79. The minimum Gasteiger partial charge on any atom is -0.359 e. The molecule has 1 heterocycles. The lowest BCUT2D eigenvalue weighted by molar-refractivity contribution is 0.657. The Hall–Kier alpha value is -0.925. The number of nitrogens with one attached hydrogen (secondary N) is 1. The Morgan fingerprint density at radius 2 is 1.68 bits per heavy atom. The van der Waals surface area contributed by atoms with Crippen LogP contribution in [-0.4, -0.2) is 24.4 Å². The molecule has 0 bridgehead atoms. The van der Waals surface area contributed by atoms with Gasteiger partial charge in [-0.1, -0.05) is 53.8 Å². The Morgan fingerprint density at radius 1 is 1.21 bits per heavy atom. The minimum absolute atomic E-state index is 0.205. The van der Waals surface area contributed by atoms with E-state index in [1.807, 2.05) is 55.6 Å². The van der Waals surface area contributed by atoms with Crippen molar-refractivity contribution in [3.8, 4) is 0 Å². The van der Waals surface area contributed by atoms with Crippen molar-refractivity contribution < 1.29 is 0 Å². The predicted molar refractivity (Wildman–Crippen MR) is 88.3 cm³/mol. The Kier molecular flexibility index (Phi) is 10.7. The van der Waals surface area contributed by atoms with Crippen molar-refractivity contribution in [3.63, 3.8) is 0 Å². The lowest BCUT2D eigenvalue weighted by atomic mass is 9.69. The van der Waals surface area contributed by atoms with Gasteiger partial charge in [0.2, 0.25) is 5.95 Å². The molecule has 110 valence electrons. The lowest BCUT2D eigenvalue weighted by Gasteiger charge is -2.17. The topological polar surface area (TPSA) is 29.9 Å². The van der Waals surface area contributed by atoms with Crippen molar-refractivity contribution >= 4 is 13.8 Å². The molecule has 0 unspecified atom stereocenters. The van der Waals surface area contributed by atoms with Gasteiger partial charge in [0.05, 0.1) is 13.5 Å². The van der Waals surface area contributed by atoms with Gasteiger partial charge >= 0.3 is 0 Å². The molecule has 3 nitrogen and oxygen atoms in total. The summed E-state index contributed by atoms with van der Waals surface area (Å²) < 4.78 is 2.10. The summed E-state index contributed by atoms with van der Waals surface area (Å²) in [6.45, 7) is 14.2. The van der Waals surface area contributed by atoms with Gasteiger partial charge in [-0.3, -0.25) is 0 Å². The third-order valence-electron chi connectivity index (χ3n) is 2.48. The van der Waals surface area contributed by atoms with Crippen LogP contribution in [0.3, 0.4) is 0 Å². The first-order valence-corrected chi connectivity index (χ1v) is 7.40. The fourth-order valence-electron chi connectivity index (χ4n) is 1.83. The van der Waals surface area contributed by atoms with Gasteiger partial charge < -0.3 is 9.88 Å². The Morgan fingerprint density at radius 3 is 2.00 bits per heavy atom. The molecule has 0 aromatic carbocycles. The largest absolute Gasteiger partial charge is 0.359 e. The van der Waals surface area contributed by atoms with Crippen LogP contribution < -0.4 is 5.32 Å². The maximum atomic E-state index is 6.02. The molecule has 0 aliphatic heterocycles. The first-order chi connectivity index (χ1) is 8.89. The van der Waals surface area contributed by atoms with E-state index < -0.39 is 0 Å². The molecule has 0 aliphatic carbocycles. The van der Waals surface area contributed by atoms with E-state index in [2.05, 4.69) is 21.8 Å². The zero-order valence-electron chi connectivity index (χ0n) is 14.4. The second-order valence-electron chi connectivity index (χ2n) is 4.66. The number of anilines is 1. The van der Waals surface area contributed by atoms with Crippen molar-refractivity contribution in [2.45, 2.75) is 66.6 Å². The second kappa shape index (κ2) is 9.93. The number of nitrogens with zero attached hydrogens (tertiary/aromatic N) is 2. The zero-order chi connectivity index (χ0) is 15.6. The molecule has 0 aliphatic rings. The normalized spacial score (nSPS) is 9.95. The van der Waals surface area contributed by atoms with Gasteiger partial charge in [-0.2, -0.15) is 0 Å². The molecule has 1 rings (SSSR count). The third kappa shape index (κ3) is 6.69. The molecule has 1 N–H and O–H groups in total. The molecule has 2 radical (unpaired) electrons. The summed E-state index contributed by atoms with van der Waals surface area (Å²) in [7, 11) is 9.94. The Balaban J connectivity index is 0. The van der Waals surface area contributed by atoms with Crippen LogP contribution in [0.4, 0.5) is 5.95 Å². The second-order valence-corrected chi connectivity index (χ2v) is 4.66. The van der Waals surface area contributed by atoms with Gasteiger partial charge in [0, 0.05) is 19.8 Å². The van der Waals surface area contributed by atoms with Crippen molar-refractivity contribution in [1.82, 2.24) is 9.55 Å². The highest BCUT2D eigenvalue weighted by Crippen LogP contribution is 2.27. The summed E-state index contributed by atoms with van der Waals surface area (Å²) in [6, 6.07) is 0. The summed E-state index contributed by atoms with van der Waals surface area (Å²) in [4.78, 5) is 4.56. The molecule has 0 spiro atoms. The molecule has 19 heavy (non-hydrogen) atoms. The lowest BCUT2D eigenvalue weighted by Crippen LogP contribution is -2.09. The van der Waals surface area contributed by atoms with Crippen molar-refractivity contribution in [3.05, 3.63) is 11.4 Å². The molecular weight excluding hydrogens is 233 g/mol. The van der Waals surface area contributed by atoms with Gasteiger partial charge in [0.1, 0.15) is 0 Å². The SMILES string of the molecule is CC.CC.[B]C(C)(C)Cc1nc(NC)n(C)c1CC. The maximum Gasteiger partial charge on any atom is 0.202 e. The van der Waals surface area contributed by atoms with E-state index in [0.29, 0.717) is 0 Å². The first-order valence-electron chi connectivity index (χ1n) is 7.40. The molecule has 1 aromatic heterocycles. The Labute approximate surface area is 121 Å². The van der Waals surface area contributed by atoms with Crippen LogP contribution in [-0.2, 0) is 19.9 Å². The fraction of sp³-hybridized carbons (Fsp3) is 0.800. The summed E-state index contributed by atoms with van der Waals surface area (Å²) in [5.74, 6) is 0.908. The summed E-state index contributed by atoms with van der Waals surface area (Å²) in [5.41, 5.74) is 2.37. The van der Waals surface area contributed by atoms with E-state index in [4.69, 9.17) is 7.85 Å². The van der Waals surface area contributed by atoms with Crippen molar-refractivity contribution in [2.75, 3.05) is 12.4 Å². The average molecular weight is 265 g/mol. The summed E-state index contributed by atoms with van der Waals surface area (Å²) in [5, 5.41) is 2.88. The van der Waals surface area contributed by atoms with Gasteiger partial charge in [0.25, 0.3) is 0 Å². The van der Waals surface area contributed by atoms with Gasteiger partial charge in [-0.15, -0.1) is 0 Å². The minimum atomic E-state index is -0.205. The molecule has 1 aromatic rings. The van der Waals surface area contributed by atoms with Crippen molar-refractivity contribution in [2.24, 2.45) is 7.05 Å². The third-order valence-corrected chi connectivity index (χ3v) is 2.48. The molecule has 0 amide bonds. The van der Waals surface area contributed by atoms with E-state index >= 15 is 0 Å². The smallest absolute Gasteiger partial charge is 0.202 e. The van der Waals surface area contributed by atoms with E-state index in [-0.39, 0.29) is 5.31 Å². The highest BCUT2D eigenvalue weighted by molar-refractivity contribution is 6.14. The van der Waals surface area contributed by atoms with Gasteiger partial charge in [-0.05, 0) is 12.8 Å². The van der Waals surface area contributed by atoms with Crippen LogP contribution in [0.5, 0.6) is 0 Å². The highest BCUT2D eigenvalue weighted by atomic mass is 15.2. The predicted octanol–water partition coefficient (Wildman–Crippen LogP) is 3.99. The standard InChI is InChI=1S/C11H20BN3.2C2H6/c1-6-9-8(7-11(2,3)12)14-10(13-4)15(9)5;2*1-2/h6-7H2,1-5H3,(H,13,14);2*1-2H3. The van der Waals surface area contributed by atoms with E-state index in [0.717, 1.165) is 24.5 Å². The molecule has 0 saturated carbocycles. The Bertz CT molecular complexity index is 338. The van der Waals surface area contributed by atoms with E-state index in [1.54, 1.807) is 0 Å². The van der Waals surface area contributed by atoms with Crippen LogP contribution in [0, 0.1) is 0 Å². The quantitative estimate of drug-likeness (QED) is 0.834. The van der Waals surface area contributed by atoms with Crippen LogP contribution in [0.2, 0.25) is 5.31 Å². The van der Waals surface area contributed by atoms with Gasteiger partial charge in [0.15, 0.2) is 0 Å². The number of aromatic nitrogens is 2. The number of hydrogen-bond donors (Lipinski definition) is 1. The zero-order valence-corrected chi connectivity index (χ0v) is 14.4. The monoisotopic (exact) mass is 265 g/mol. The van der Waals surface area contributed by atoms with Crippen molar-refractivity contribution in [1.29, 1.82) is 0 Å². The molecule has 4 heteroatoms. The number of rotatable bonds is 4. The molecule has 0 saturated heterocycles. The van der Waals surface area contributed by atoms with Crippen LogP contribution in [0.15, 0.2) is 0 Å². The van der Waals surface area contributed by atoms with Gasteiger partial charge in [-0.25, -0.2) is 4.98 Å².